The first-order valence-electron chi connectivity index (χ1n) is 5.44. The first-order chi connectivity index (χ1) is 7.25. The molecule has 0 radical (unpaired) electrons. The largest absolute Gasteiger partial charge is 0.508 e. The summed E-state index contributed by atoms with van der Waals surface area (Å²) in [6, 6.07) is 8.19. The molecule has 3 heteroatoms. The van der Waals surface area contributed by atoms with Crippen LogP contribution in [0.3, 0.4) is 0 Å². The van der Waals surface area contributed by atoms with Gasteiger partial charge in [0.15, 0.2) is 0 Å². The first-order valence-corrected chi connectivity index (χ1v) is 5.44. The monoisotopic (exact) mass is 206 g/mol. The molecule has 15 heavy (non-hydrogen) atoms. The van der Waals surface area contributed by atoms with Gasteiger partial charge in [-0.1, -0.05) is 12.1 Å². The first kappa shape index (κ1) is 10.5. The second-order valence-corrected chi connectivity index (χ2v) is 4.21. The van der Waals surface area contributed by atoms with Crippen LogP contribution in [0.25, 0.3) is 0 Å². The van der Waals surface area contributed by atoms with Crippen LogP contribution in [-0.4, -0.2) is 42.7 Å². The van der Waals surface area contributed by atoms with Crippen molar-refractivity contribution >= 4 is 0 Å². The van der Waals surface area contributed by atoms with Crippen LogP contribution >= 0.6 is 0 Å². The van der Waals surface area contributed by atoms with Crippen molar-refractivity contribution in [1.82, 2.24) is 10.2 Å². The van der Waals surface area contributed by atoms with E-state index in [1.54, 1.807) is 12.1 Å². The van der Waals surface area contributed by atoms with E-state index >= 15 is 0 Å². The number of hydrogen-bond donors (Lipinski definition) is 2. The van der Waals surface area contributed by atoms with Crippen LogP contribution in [0.15, 0.2) is 24.3 Å². The lowest BCUT2D eigenvalue weighted by molar-refractivity contribution is 0.182. The Morgan fingerprint density at radius 3 is 2.53 bits per heavy atom. The number of hydrogen-bond acceptors (Lipinski definition) is 3. The summed E-state index contributed by atoms with van der Waals surface area (Å²) in [7, 11) is 2.17. The molecule has 1 aromatic carbocycles. The molecular weight excluding hydrogens is 188 g/mol. The van der Waals surface area contributed by atoms with Crippen molar-refractivity contribution < 1.29 is 5.11 Å². The summed E-state index contributed by atoms with van der Waals surface area (Å²) in [6.07, 6.45) is 1.05. The van der Waals surface area contributed by atoms with Gasteiger partial charge < -0.3 is 15.3 Å². The second-order valence-electron chi connectivity index (χ2n) is 4.21. The van der Waals surface area contributed by atoms with E-state index in [2.05, 4.69) is 17.3 Å². The summed E-state index contributed by atoms with van der Waals surface area (Å²) in [4.78, 5) is 2.39. The van der Waals surface area contributed by atoms with Crippen molar-refractivity contribution in [2.24, 2.45) is 0 Å². The normalized spacial score (nSPS) is 16.7. The molecule has 0 atom stereocenters. The molecule has 0 unspecified atom stereocenters. The summed E-state index contributed by atoms with van der Waals surface area (Å²) < 4.78 is 0. The van der Waals surface area contributed by atoms with E-state index in [-0.39, 0.29) is 0 Å². The standard InChI is InChI=1S/C12H18N2O/c1-14(11-8-13-9-11)7-6-10-2-4-12(15)5-3-10/h2-5,11,13,15H,6-9H2,1H3. The average molecular weight is 206 g/mol. The van der Waals surface area contributed by atoms with Crippen LogP contribution in [0.2, 0.25) is 0 Å². The van der Waals surface area contributed by atoms with E-state index < -0.39 is 0 Å². The summed E-state index contributed by atoms with van der Waals surface area (Å²) in [6.45, 7) is 3.31. The summed E-state index contributed by atoms with van der Waals surface area (Å²) >= 11 is 0. The third-order valence-corrected chi connectivity index (χ3v) is 3.07. The molecule has 1 aromatic rings. The summed E-state index contributed by atoms with van der Waals surface area (Å²) in [5.74, 6) is 0.343. The molecule has 0 aliphatic carbocycles. The zero-order valence-electron chi connectivity index (χ0n) is 9.11. The molecule has 2 N–H and O–H groups in total. The van der Waals surface area contributed by atoms with Crippen LogP contribution < -0.4 is 5.32 Å². The molecule has 0 amide bonds. The lowest BCUT2D eigenvalue weighted by atomic mass is 10.1. The van der Waals surface area contributed by atoms with Crippen LogP contribution in [-0.2, 0) is 6.42 Å². The summed E-state index contributed by atoms with van der Waals surface area (Å²) in [5, 5.41) is 12.4. The van der Waals surface area contributed by atoms with Gasteiger partial charge in [-0.3, -0.25) is 0 Å². The highest BCUT2D eigenvalue weighted by Crippen LogP contribution is 2.11. The fourth-order valence-corrected chi connectivity index (χ4v) is 1.74. The maximum Gasteiger partial charge on any atom is 0.115 e. The molecule has 1 aliphatic rings. The van der Waals surface area contributed by atoms with Crippen LogP contribution in [0, 0.1) is 0 Å². The van der Waals surface area contributed by atoms with E-state index in [0.717, 1.165) is 26.1 Å². The van der Waals surface area contributed by atoms with Gasteiger partial charge in [0.1, 0.15) is 5.75 Å². The molecule has 0 bridgehead atoms. The Morgan fingerprint density at radius 2 is 2.00 bits per heavy atom. The third-order valence-electron chi connectivity index (χ3n) is 3.07. The molecule has 1 saturated heterocycles. The molecule has 82 valence electrons. The Bertz CT molecular complexity index is 306. The minimum atomic E-state index is 0.343. The van der Waals surface area contributed by atoms with Gasteiger partial charge in [0.25, 0.3) is 0 Å². The van der Waals surface area contributed by atoms with Crippen LogP contribution in [0.1, 0.15) is 5.56 Å². The van der Waals surface area contributed by atoms with Crippen LogP contribution in [0.4, 0.5) is 0 Å². The Balaban J connectivity index is 1.79. The maximum atomic E-state index is 9.15. The SMILES string of the molecule is CN(CCc1ccc(O)cc1)C1CNC1. The number of nitrogens with zero attached hydrogens (tertiary/aromatic N) is 1. The predicted molar refractivity (Wildman–Crippen MR) is 61.1 cm³/mol. The molecule has 1 heterocycles. The van der Waals surface area contributed by atoms with E-state index in [1.807, 2.05) is 12.1 Å². The number of likely N-dealkylation sites (N-methyl/N-ethyl adjacent to an activating group) is 1. The fourth-order valence-electron chi connectivity index (χ4n) is 1.74. The molecule has 2 rings (SSSR count). The minimum Gasteiger partial charge on any atom is -0.508 e. The number of aromatic hydroxyl groups is 1. The van der Waals surface area contributed by atoms with Crippen molar-refractivity contribution in [3.63, 3.8) is 0 Å². The van der Waals surface area contributed by atoms with Gasteiger partial charge in [-0.25, -0.2) is 0 Å². The number of phenolic OH excluding ortho intramolecular Hbond substituents is 1. The second kappa shape index (κ2) is 4.64. The van der Waals surface area contributed by atoms with Crippen LogP contribution in [0.5, 0.6) is 5.75 Å². The van der Waals surface area contributed by atoms with Gasteiger partial charge in [-0.2, -0.15) is 0 Å². The number of rotatable bonds is 4. The molecular formula is C12H18N2O. The zero-order chi connectivity index (χ0) is 10.7. The van der Waals surface area contributed by atoms with Crippen molar-refractivity contribution in [2.45, 2.75) is 12.5 Å². The smallest absolute Gasteiger partial charge is 0.115 e. The number of phenols is 1. The highest BCUT2D eigenvalue weighted by Gasteiger charge is 2.20. The molecule has 0 spiro atoms. The highest BCUT2D eigenvalue weighted by molar-refractivity contribution is 5.26. The van der Waals surface area contributed by atoms with Crippen molar-refractivity contribution in [2.75, 3.05) is 26.7 Å². The maximum absolute atomic E-state index is 9.15. The molecule has 0 aromatic heterocycles. The molecule has 1 fully saturated rings. The van der Waals surface area contributed by atoms with E-state index in [1.165, 1.54) is 5.56 Å². The van der Waals surface area contributed by atoms with Crippen molar-refractivity contribution in [3.05, 3.63) is 29.8 Å². The predicted octanol–water partition coefficient (Wildman–Crippen LogP) is 0.838. The Kier molecular flexibility index (Phi) is 3.23. The van der Waals surface area contributed by atoms with E-state index in [4.69, 9.17) is 5.11 Å². The van der Waals surface area contributed by atoms with Gasteiger partial charge in [0, 0.05) is 25.7 Å². The summed E-state index contributed by atoms with van der Waals surface area (Å²) in [5.41, 5.74) is 1.28. The van der Waals surface area contributed by atoms with Gasteiger partial charge in [0.05, 0.1) is 0 Å². The minimum absolute atomic E-state index is 0.343. The average Bonchev–Trinajstić information content (AvgIpc) is 2.14. The van der Waals surface area contributed by atoms with Gasteiger partial charge in [0.2, 0.25) is 0 Å². The zero-order valence-corrected chi connectivity index (χ0v) is 9.11. The van der Waals surface area contributed by atoms with Gasteiger partial charge >= 0.3 is 0 Å². The Labute approximate surface area is 90.7 Å². The molecule has 1 aliphatic heterocycles. The third kappa shape index (κ3) is 2.70. The topological polar surface area (TPSA) is 35.5 Å². The molecule has 3 nitrogen and oxygen atoms in total. The van der Waals surface area contributed by atoms with Crippen molar-refractivity contribution in [1.29, 1.82) is 0 Å². The fraction of sp³-hybridized carbons (Fsp3) is 0.500. The quantitative estimate of drug-likeness (QED) is 0.766. The lowest BCUT2D eigenvalue weighted by Gasteiger charge is -2.35. The van der Waals surface area contributed by atoms with E-state index in [0.29, 0.717) is 11.8 Å². The van der Waals surface area contributed by atoms with Gasteiger partial charge in [-0.05, 0) is 31.2 Å². The van der Waals surface area contributed by atoms with Gasteiger partial charge in [-0.15, -0.1) is 0 Å². The number of benzene rings is 1. The Hall–Kier alpha value is -1.06. The molecule has 0 saturated carbocycles. The van der Waals surface area contributed by atoms with E-state index in [9.17, 15) is 0 Å². The Morgan fingerprint density at radius 1 is 1.33 bits per heavy atom. The lowest BCUT2D eigenvalue weighted by Crippen LogP contribution is -2.56. The number of nitrogens with one attached hydrogen (secondary N) is 1. The van der Waals surface area contributed by atoms with Crippen molar-refractivity contribution in [3.8, 4) is 5.75 Å². The highest BCUT2D eigenvalue weighted by atomic mass is 16.3.